The van der Waals surface area contributed by atoms with Gasteiger partial charge in [-0.3, -0.25) is 9.69 Å². The number of carboxylic acids is 2. The summed E-state index contributed by atoms with van der Waals surface area (Å²) in [7, 11) is 0. The van der Waals surface area contributed by atoms with Gasteiger partial charge in [0.1, 0.15) is 12.3 Å². The molecule has 27 heavy (non-hydrogen) atoms. The van der Waals surface area contributed by atoms with E-state index in [4.69, 9.17) is 9.52 Å². The number of nitrogens with zero attached hydrogens (tertiary/aromatic N) is 3. The Morgan fingerprint density at radius 3 is 2.48 bits per heavy atom. The molecule has 1 spiro atoms. The molecule has 2 N–H and O–H groups in total. The Labute approximate surface area is 155 Å². The number of carbonyl (C=O) groups excluding carboxylic acids is 1. The Morgan fingerprint density at radius 1 is 1.22 bits per heavy atom. The largest absolute Gasteiger partial charge is 0.480 e. The number of aromatic carboxylic acids is 1. The minimum atomic E-state index is -1.12. The van der Waals surface area contributed by atoms with Gasteiger partial charge in [0.15, 0.2) is 5.69 Å². The molecule has 1 unspecified atom stereocenters. The molecule has 1 amide bonds. The fraction of sp³-hybridized carbons (Fsp3) is 0.667. The monoisotopic (exact) mass is 377 g/mol. The van der Waals surface area contributed by atoms with Crippen molar-refractivity contribution < 1.29 is 29.0 Å². The highest BCUT2D eigenvalue weighted by atomic mass is 16.4. The van der Waals surface area contributed by atoms with Crippen molar-refractivity contribution in [2.75, 3.05) is 19.6 Å². The lowest BCUT2D eigenvalue weighted by Gasteiger charge is -2.38. The average Bonchev–Trinajstić information content (AvgIpc) is 3.26. The van der Waals surface area contributed by atoms with E-state index in [-0.39, 0.29) is 22.9 Å². The Kier molecular flexibility index (Phi) is 4.41. The summed E-state index contributed by atoms with van der Waals surface area (Å²) < 4.78 is 5.21. The third-order valence-corrected chi connectivity index (χ3v) is 6.05. The van der Waals surface area contributed by atoms with Gasteiger partial charge in [0, 0.05) is 12.5 Å². The van der Waals surface area contributed by atoms with Crippen molar-refractivity contribution in [3.05, 3.63) is 17.8 Å². The highest BCUT2D eigenvalue weighted by Crippen LogP contribution is 2.45. The number of hydrogen-bond donors (Lipinski definition) is 2. The van der Waals surface area contributed by atoms with Gasteiger partial charge in [0.05, 0.1) is 6.54 Å². The summed E-state index contributed by atoms with van der Waals surface area (Å²) in [5.41, 5.74) is -0.250. The Morgan fingerprint density at radius 2 is 1.93 bits per heavy atom. The number of carbonyl (C=O) groups is 3. The van der Waals surface area contributed by atoms with Crippen molar-refractivity contribution in [1.82, 2.24) is 14.8 Å². The van der Waals surface area contributed by atoms with Gasteiger partial charge in [-0.2, -0.15) is 0 Å². The van der Waals surface area contributed by atoms with Crippen molar-refractivity contribution >= 4 is 17.8 Å². The minimum absolute atomic E-state index is 0.00249. The van der Waals surface area contributed by atoms with Crippen LogP contribution in [0.2, 0.25) is 0 Å². The van der Waals surface area contributed by atoms with Crippen molar-refractivity contribution in [3.63, 3.8) is 0 Å². The molecule has 2 saturated heterocycles. The fourth-order valence-corrected chi connectivity index (χ4v) is 4.29. The lowest BCUT2D eigenvalue weighted by Crippen LogP contribution is -2.43. The molecule has 3 heterocycles. The van der Waals surface area contributed by atoms with Crippen LogP contribution in [0.15, 0.2) is 10.7 Å². The normalized spacial score (nSPS) is 25.0. The molecule has 0 bridgehead atoms. The molecule has 1 aromatic rings. The number of amides is 1. The second-order valence-electron chi connectivity index (χ2n) is 8.01. The first kappa shape index (κ1) is 18.0. The molecule has 146 valence electrons. The van der Waals surface area contributed by atoms with E-state index in [9.17, 15) is 19.5 Å². The predicted molar refractivity (Wildman–Crippen MR) is 90.9 cm³/mol. The molecule has 1 saturated carbocycles. The number of carboxylic acid groups (broad SMARTS) is 2. The van der Waals surface area contributed by atoms with E-state index in [0.29, 0.717) is 25.4 Å². The average molecular weight is 377 g/mol. The van der Waals surface area contributed by atoms with Gasteiger partial charge < -0.3 is 19.5 Å². The zero-order valence-electron chi connectivity index (χ0n) is 15.0. The summed E-state index contributed by atoms with van der Waals surface area (Å²) in [5, 5.41) is 18.5. The zero-order valence-corrected chi connectivity index (χ0v) is 15.0. The number of rotatable bonds is 5. The lowest BCUT2D eigenvalue weighted by molar-refractivity contribution is -0.148. The molecule has 1 aliphatic carbocycles. The smallest absolute Gasteiger partial charge is 0.357 e. The summed E-state index contributed by atoms with van der Waals surface area (Å²) in [4.78, 5) is 42.7. The number of oxazole rings is 1. The van der Waals surface area contributed by atoms with E-state index in [1.165, 1.54) is 0 Å². The second kappa shape index (κ2) is 6.63. The first-order valence-corrected chi connectivity index (χ1v) is 9.30. The molecular weight excluding hydrogens is 354 g/mol. The van der Waals surface area contributed by atoms with Crippen molar-refractivity contribution in [3.8, 4) is 0 Å². The van der Waals surface area contributed by atoms with E-state index < -0.39 is 18.0 Å². The number of aromatic nitrogens is 1. The van der Waals surface area contributed by atoms with Crippen LogP contribution in [-0.2, 0) is 16.1 Å². The van der Waals surface area contributed by atoms with Gasteiger partial charge in [-0.1, -0.05) is 0 Å². The third kappa shape index (κ3) is 3.55. The van der Waals surface area contributed by atoms with Gasteiger partial charge in [0.25, 0.3) is 0 Å². The van der Waals surface area contributed by atoms with Crippen molar-refractivity contribution in [2.45, 2.75) is 44.7 Å². The highest BCUT2D eigenvalue weighted by molar-refractivity contribution is 5.87. The van der Waals surface area contributed by atoms with Crippen LogP contribution in [-0.4, -0.2) is 68.5 Å². The Hall–Kier alpha value is -2.42. The summed E-state index contributed by atoms with van der Waals surface area (Å²) in [6, 6.07) is -0.713. The first-order valence-electron chi connectivity index (χ1n) is 9.30. The second-order valence-corrected chi connectivity index (χ2v) is 8.01. The van der Waals surface area contributed by atoms with E-state index >= 15 is 0 Å². The van der Waals surface area contributed by atoms with E-state index in [1.807, 2.05) is 0 Å². The van der Waals surface area contributed by atoms with Crippen LogP contribution in [0.1, 0.15) is 48.5 Å². The Bertz CT molecular complexity index is 763. The number of likely N-dealkylation sites (tertiary alicyclic amines) is 2. The van der Waals surface area contributed by atoms with Crippen molar-refractivity contribution in [1.29, 1.82) is 0 Å². The lowest BCUT2D eigenvalue weighted by atomic mass is 9.76. The molecule has 3 fully saturated rings. The van der Waals surface area contributed by atoms with Crippen LogP contribution >= 0.6 is 0 Å². The Balaban J connectivity index is 1.38. The van der Waals surface area contributed by atoms with Gasteiger partial charge >= 0.3 is 11.9 Å². The van der Waals surface area contributed by atoms with Crippen LogP contribution in [0, 0.1) is 11.3 Å². The van der Waals surface area contributed by atoms with Gasteiger partial charge in [-0.25, -0.2) is 14.6 Å². The van der Waals surface area contributed by atoms with Gasteiger partial charge in [-0.05, 0) is 50.6 Å². The van der Waals surface area contributed by atoms with Crippen LogP contribution < -0.4 is 0 Å². The maximum absolute atomic E-state index is 12.5. The molecule has 3 aliphatic rings. The maximum atomic E-state index is 12.5. The summed E-state index contributed by atoms with van der Waals surface area (Å²) in [6.07, 6.45) is 5.00. The maximum Gasteiger partial charge on any atom is 0.357 e. The molecule has 0 aromatic carbocycles. The number of aliphatic carboxylic acids is 1. The van der Waals surface area contributed by atoms with E-state index in [0.717, 1.165) is 45.0 Å². The topological polar surface area (TPSA) is 124 Å². The molecule has 1 atom stereocenters. The molecule has 9 nitrogen and oxygen atoms in total. The third-order valence-electron chi connectivity index (χ3n) is 6.05. The van der Waals surface area contributed by atoms with Gasteiger partial charge in [-0.15, -0.1) is 0 Å². The first-order chi connectivity index (χ1) is 12.9. The predicted octanol–water partition coefficient (Wildman–Crippen LogP) is 1.05. The van der Waals surface area contributed by atoms with Crippen LogP contribution in [0.3, 0.4) is 0 Å². The molecule has 1 aromatic heterocycles. The van der Waals surface area contributed by atoms with Gasteiger partial charge in [0.2, 0.25) is 11.8 Å². The fourth-order valence-electron chi connectivity index (χ4n) is 4.29. The van der Waals surface area contributed by atoms with Crippen LogP contribution in [0.5, 0.6) is 0 Å². The van der Waals surface area contributed by atoms with Crippen molar-refractivity contribution in [2.24, 2.45) is 11.3 Å². The van der Waals surface area contributed by atoms with Crippen LogP contribution in [0.25, 0.3) is 0 Å². The van der Waals surface area contributed by atoms with Crippen LogP contribution in [0.4, 0.5) is 0 Å². The summed E-state index contributed by atoms with van der Waals surface area (Å²) in [6.45, 7) is 2.43. The molecule has 9 heteroatoms. The molecule has 4 rings (SSSR count). The molecule has 0 radical (unpaired) electrons. The quantitative estimate of drug-likeness (QED) is 0.780. The summed E-state index contributed by atoms with van der Waals surface area (Å²) >= 11 is 0. The number of hydrogen-bond acceptors (Lipinski definition) is 6. The minimum Gasteiger partial charge on any atom is -0.480 e. The molecular formula is C18H23N3O6. The zero-order chi connectivity index (χ0) is 19.2. The van der Waals surface area contributed by atoms with E-state index in [1.54, 1.807) is 4.90 Å². The highest BCUT2D eigenvalue weighted by Gasteiger charge is 2.51. The molecule has 2 aliphatic heterocycles. The van der Waals surface area contributed by atoms with E-state index in [2.05, 4.69) is 9.88 Å². The SMILES string of the molecule is O=C(O)c1coc(CN2CCC3(CC2)CC(C(=O)O)N(C(=O)C2CC2)C3)n1. The number of piperidine rings is 1. The standard InChI is InChI=1S/C18H23N3O6/c22-15(11-1-2-11)21-10-18(7-13(21)17(25)26)3-5-20(6-4-18)8-14-19-12(9-27-14)16(23)24/h9,11,13H,1-8,10H2,(H,23,24)(H,25,26). The summed E-state index contributed by atoms with van der Waals surface area (Å²) in [5.74, 6) is -1.64.